The van der Waals surface area contributed by atoms with E-state index < -0.39 is 10.0 Å². The lowest BCUT2D eigenvalue weighted by atomic mass is 10.2. The minimum Gasteiger partial charge on any atom is -0.309 e. The summed E-state index contributed by atoms with van der Waals surface area (Å²) in [5.74, 6) is 0. The molecule has 1 aromatic rings. The van der Waals surface area contributed by atoms with E-state index in [1.54, 1.807) is 19.2 Å². The molecule has 0 aromatic heterocycles. The van der Waals surface area contributed by atoms with Crippen LogP contribution in [0.5, 0.6) is 0 Å². The zero-order valence-electron chi connectivity index (χ0n) is 11.5. The van der Waals surface area contributed by atoms with Gasteiger partial charge in [0, 0.05) is 13.6 Å². The van der Waals surface area contributed by atoms with Crippen molar-refractivity contribution < 1.29 is 8.42 Å². The highest BCUT2D eigenvalue weighted by Gasteiger charge is 2.21. The summed E-state index contributed by atoms with van der Waals surface area (Å²) >= 11 is 0. The van der Waals surface area contributed by atoms with Crippen LogP contribution in [0.25, 0.3) is 0 Å². The van der Waals surface area contributed by atoms with Crippen LogP contribution >= 0.6 is 0 Å². The third-order valence-electron chi connectivity index (χ3n) is 2.86. The van der Waals surface area contributed by atoms with E-state index in [2.05, 4.69) is 0 Å². The van der Waals surface area contributed by atoms with Gasteiger partial charge in [-0.25, -0.2) is 12.7 Å². The molecule has 0 N–H and O–H groups in total. The first-order valence-electron chi connectivity index (χ1n) is 6.02. The highest BCUT2D eigenvalue weighted by molar-refractivity contribution is 7.89. The molecule has 0 aliphatic heterocycles. The van der Waals surface area contributed by atoms with Crippen molar-refractivity contribution in [2.45, 2.75) is 18.2 Å². The molecule has 0 saturated carbocycles. The monoisotopic (exact) mass is 270 g/mol. The van der Waals surface area contributed by atoms with Gasteiger partial charge < -0.3 is 4.90 Å². The van der Waals surface area contributed by atoms with Gasteiger partial charge in [0.05, 0.1) is 4.90 Å². The SMILES string of the molecule is Cc1ccccc1S(=O)(=O)N(C)CCCN(C)C. The summed E-state index contributed by atoms with van der Waals surface area (Å²) in [5.41, 5.74) is 0.789. The molecule has 0 atom stereocenters. The number of nitrogens with zero attached hydrogens (tertiary/aromatic N) is 2. The molecule has 102 valence electrons. The summed E-state index contributed by atoms with van der Waals surface area (Å²) in [6, 6.07) is 7.08. The topological polar surface area (TPSA) is 40.6 Å². The van der Waals surface area contributed by atoms with Crippen LogP contribution in [0.1, 0.15) is 12.0 Å². The summed E-state index contributed by atoms with van der Waals surface area (Å²) < 4.78 is 26.1. The van der Waals surface area contributed by atoms with Crippen molar-refractivity contribution in [1.29, 1.82) is 0 Å². The van der Waals surface area contributed by atoms with Gasteiger partial charge in [-0.1, -0.05) is 18.2 Å². The minimum absolute atomic E-state index is 0.400. The number of hydrogen-bond acceptors (Lipinski definition) is 3. The molecule has 0 unspecified atom stereocenters. The van der Waals surface area contributed by atoms with Crippen molar-refractivity contribution in [3.8, 4) is 0 Å². The quantitative estimate of drug-likeness (QED) is 0.788. The molecule has 4 nitrogen and oxygen atoms in total. The summed E-state index contributed by atoms with van der Waals surface area (Å²) in [7, 11) is 2.25. The van der Waals surface area contributed by atoms with Crippen LogP contribution in [-0.2, 0) is 10.0 Å². The number of benzene rings is 1. The molecule has 0 radical (unpaired) electrons. The molecule has 18 heavy (non-hydrogen) atoms. The zero-order valence-corrected chi connectivity index (χ0v) is 12.4. The fourth-order valence-electron chi connectivity index (χ4n) is 1.74. The van der Waals surface area contributed by atoms with Gasteiger partial charge in [-0.2, -0.15) is 0 Å². The third kappa shape index (κ3) is 3.80. The number of rotatable bonds is 6. The maximum atomic E-state index is 12.3. The molecule has 0 saturated heterocycles. The average molecular weight is 270 g/mol. The largest absolute Gasteiger partial charge is 0.309 e. The Labute approximate surface area is 110 Å². The summed E-state index contributed by atoms with van der Waals surface area (Å²) in [6.45, 7) is 3.24. The van der Waals surface area contributed by atoms with Crippen molar-refractivity contribution in [3.63, 3.8) is 0 Å². The molecule has 0 aliphatic carbocycles. The fraction of sp³-hybridized carbons (Fsp3) is 0.538. The van der Waals surface area contributed by atoms with Crippen LogP contribution in [-0.4, -0.2) is 51.9 Å². The lowest BCUT2D eigenvalue weighted by Crippen LogP contribution is -2.30. The molecule has 5 heteroatoms. The summed E-state index contributed by atoms with van der Waals surface area (Å²) in [6.07, 6.45) is 0.828. The van der Waals surface area contributed by atoms with Gasteiger partial charge in [0.25, 0.3) is 0 Å². The van der Waals surface area contributed by atoms with Crippen molar-refractivity contribution >= 4 is 10.0 Å². The highest BCUT2D eigenvalue weighted by Crippen LogP contribution is 2.18. The smallest absolute Gasteiger partial charge is 0.243 e. The molecule has 1 aromatic carbocycles. The summed E-state index contributed by atoms with van der Waals surface area (Å²) in [4.78, 5) is 2.45. The number of aryl methyl sites for hydroxylation is 1. The Morgan fingerprint density at radius 3 is 2.22 bits per heavy atom. The van der Waals surface area contributed by atoms with Gasteiger partial charge in [-0.15, -0.1) is 0 Å². The number of sulfonamides is 1. The Kier molecular flexibility index (Phi) is 5.31. The second-order valence-corrected chi connectivity index (χ2v) is 6.76. The maximum Gasteiger partial charge on any atom is 0.243 e. The highest BCUT2D eigenvalue weighted by atomic mass is 32.2. The van der Waals surface area contributed by atoms with Gasteiger partial charge in [-0.05, 0) is 45.6 Å². The van der Waals surface area contributed by atoms with Gasteiger partial charge in [-0.3, -0.25) is 0 Å². The maximum absolute atomic E-state index is 12.3. The molecule has 0 fully saturated rings. The lowest BCUT2D eigenvalue weighted by molar-refractivity contribution is 0.370. The Morgan fingerprint density at radius 2 is 1.67 bits per heavy atom. The molecule has 0 spiro atoms. The Morgan fingerprint density at radius 1 is 1.06 bits per heavy atom. The molecule has 0 bridgehead atoms. The minimum atomic E-state index is -3.35. The van der Waals surface area contributed by atoms with E-state index in [0.717, 1.165) is 18.5 Å². The van der Waals surface area contributed by atoms with E-state index in [1.807, 2.05) is 38.1 Å². The van der Waals surface area contributed by atoms with Crippen LogP contribution in [0.2, 0.25) is 0 Å². The van der Waals surface area contributed by atoms with Gasteiger partial charge in [0.15, 0.2) is 0 Å². The molecule has 0 heterocycles. The Balaban J connectivity index is 2.78. The number of hydrogen-bond donors (Lipinski definition) is 0. The van der Waals surface area contributed by atoms with E-state index in [9.17, 15) is 8.42 Å². The van der Waals surface area contributed by atoms with E-state index >= 15 is 0 Å². The van der Waals surface area contributed by atoms with Crippen molar-refractivity contribution in [3.05, 3.63) is 29.8 Å². The zero-order chi connectivity index (χ0) is 13.8. The molecular weight excluding hydrogens is 248 g/mol. The predicted molar refractivity (Wildman–Crippen MR) is 74.2 cm³/mol. The van der Waals surface area contributed by atoms with Gasteiger partial charge in [0.1, 0.15) is 0 Å². The first-order valence-corrected chi connectivity index (χ1v) is 7.46. The normalized spacial score (nSPS) is 12.3. The van der Waals surface area contributed by atoms with E-state index in [-0.39, 0.29) is 0 Å². The second kappa shape index (κ2) is 6.31. The first-order chi connectivity index (χ1) is 8.35. The van der Waals surface area contributed by atoms with Crippen LogP contribution in [0.15, 0.2) is 29.2 Å². The molecule has 0 aliphatic rings. The van der Waals surface area contributed by atoms with Crippen LogP contribution in [0.4, 0.5) is 0 Å². The predicted octanol–water partition coefficient (Wildman–Crippen LogP) is 1.57. The van der Waals surface area contributed by atoms with Crippen molar-refractivity contribution in [2.24, 2.45) is 0 Å². The Hall–Kier alpha value is -0.910. The van der Waals surface area contributed by atoms with Crippen molar-refractivity contribution in [1.82, 2.24) is 9.21 Å². The van der Waals surface area contributed by atoms with E-state index in [1.165, 1.54) is 4.31 Å². The van der Waals surface area contributed by atoms with Gasteiger partial charge >= 0.3 is 0 Å². The Bertz CT molecular complexity index is 484. The van der Waals surface area contributed by atoms with Crippen molar-refractivity contribution in [2.75, 3.05) is 34.2 Å². The van der Waals surface area contributed by atoms with Gasteiger partial charge in [0.2, 0.25) is 10.0 Å². The molecular formula is C13H22N2O2S. The fourth-order valence-corrected chi connectivity index (χ4v) is 3.17. The third-order valence-corrected chi connectivity index (χ3v) is 4.88. The van der Waals surface area contributed by atoms with E-state index in [4.69, 9.17) is 0 Å². The second-order valence-electron chi connectivity index (χ2n) is 4.75. The standard InChI is InChI=1S/C13H22N2O2S/c1-12-8-5-6-9-13(12)18(16,17)15(4)11-7-10-14(2)3/h5-6,8-9H,7,10-11H2,1-4H3. The average Bonchev–Trinajstić information content (AvgIpc) is 2.28. The summed E-state index contributed by atoms with van der Waals surface area (Å²) in [5, 5.41) is 0. The lowest BCUT2D eigenvalue weighted by Gasteiger charge is -2.19. The molecule has 0 amide bonds. The first kappa shape index (κ1) is 15.1. The van der Waals surface area contributed by atoms with E-state index in [0.29, 0.717) is 11.4 Å². The van der Waals surface area contributed by atoms with Crippen LogP contribution in [0, 0.1) is 6.92 Å². The van der Waals surface area contributed by atoms with Crippen LogP contribution < -0.4 is 0 Å². The molecule has 1 rings (SSSR count). The van der Waals surface area contributed by atoms with Crippen LogP contribution in [0.3, 0.4) is 0 Å².